The van der Waals surface area contributed by atoms with Gasteiger partial charge < -0.3 is 10.1 Å². The minimum Gasteiger partial charge on any atom is -0.494 e. The Labute approximate surface area is 223 Å². The number of benzene rings is 1. The fourth-order valence-corrected chi connectivity index (χ4v) is 6.01. The number of hydrogen-bond donors (Lipinski definition) is 1. The number of allylic oxidation sites excluding steroid dienone is 2. The van der Waals surface area contributed by atoms with E-state index in [4.69, 9.17) is 33.0 Å². The summed E-state index contributed by atoms with van der Waals surface area (Å²) < 4.78 is 7.33. The number of para-hydroxylation sites is 2. The van der Waals surface area contributed by atoms with Gasteiger partial charge in [0.2, 0.25) is 0 Å². The van der Waals surface area contributed by atoms with Gasteiger partial charge in [0.05, 0.1) is 35.1 Å². The summed E-state index contributed by atoms with van der Waals surface area (Å²) >= 11 is 12.7. The Bertz CT molecular complexity index is 1540. The van der Waals surface area contributed by atoms with Gasteiger partial charge in [-0.25, -0.2) is 4.68 Å². The Kier molecular flexibility index (Phi) is 5.43. The van der Waals surface area contributed by atoms with E-state index in [0.29, 0.717) is 45.4 Å². The molecule has 1 aliphatic carbocycles. The van der Waals surface area contributed by atoms with Gasteiger partial charge in [-0.3, -0.25) is 19.5 Å². The first kappa shape index (κ1) is 23.8. The van der Waals surface area contributed by atoms with Crippen LogP contribution in [0.15, 0.2) is 66.1 Å². The molecule has 0 fully saturated rings. The number of fused-ring (bicyclic) bond motifs is 3. The van der Waals surface area contributed by atoms with Crippen molar-refractivity contribution in [1.29, 1.82) is 0 Å². The molecule has 1 unspecified atom stereocenters. The quantitative estimate of drug-likeness (QED) is 0.482. The second kappa shape index (κ2) is 8.46. The van der Waals surface area contributed by atoms with Gasteiger partial charge in [-0.05, 0) is 24.1 Å². The fourth-order valence-electron chi connectivity index (χ4n) is 5.61. The maximum atomic E-state index is 14.2. The highest BCUT2D eigenvalue weighted by molar-refractivity contribution is 6.31. The van der Waals surface area contributed by atoms with Gasteiger partial charge in [0.15, 0.2) is 11.2 Å². The molecule has 37 heavy (non-hydrogen) atoms. The van der Waals surface area contributed by atoms with Crippen LogP contribution in [0, 0.1) is 0 Å². The van der Waals surface area contributed by atoms with Crippen molar-refractivity contribution < 1.29 is 14.3 Å². The van der Waals surface area contributed by atoms with Crippen molar-refractivity contribution in [3.63, 3.8) is 0 Å². The number of carbonyl (C=O) groups excluding carboxylic acids is 2. The molecule has 1 N–H and O–H groups in total. The van der Waals surface area contributed by atoms with E-state index in [0.717, 1.165) is 5.69 Å². The zero-order valence-electron chi connectivity index (χ0n) is 20.3. The summed E-state index contributed by atoms with van der Waals surface area (Å²) in [6.45, 7) is 4.03. The number of pyridine rings is 1. The molecule has 8 nitrogen and oxygen atoms in total. The van der Waals surface area contributed by atoms with Crippen LogP contribution < -0.4 is 15.0 Å². The number of methoxy groups -OCH3 is 1. The first-order valence-corrected chi connectivity index (χ1v) is 12.7. The zero-order valence-corrected chi connectivity index (χ0v) is 21.8. The number of halogens is 2. The Morgan fingerprint density at radius 2 is 2.00 bits per heavy atom. The van der Waals surface area contributed by atoms with E-state index in [1.54, 1.807) is 17.9 Å². The van der Waals surface area contributed by atoms with Crippen molar-refractivity contribution in [1.82, 2.24) is 20.1 Å². The summed E-state index contributed by atoms with van der Waals surface area (Å²) in [4.78, 5) is 34.0. The number of anilines is 1. The summed E-state index contributed by atoms with van der Waals surface area (Å²) in [6, 6.07) is 9.09. The predicted molar refractivity (Wildman–Crippen MR) is 141 cm³/mol. The number of nitrogens with one attached hydrogen (secondary N) is 1. The molecule has 0 bridgehead atoms. The van der Waals surface area contributed by atoms with Crippen molar-refractivity contribution in [2.75, 3.05) is 12.0 Å². The van der Waals surface area contributed by atoms with E-state index >= 15 is 0 Å². The standard InChI is InChI=1S/C27H23Cl2N5O3/c1-14(2)24-22-23(32-34(24)20-6-4-5-7-21(20)37-3)25(35)33(17-10-16(29)12-30-13-17)27(22)18-9-8-15(28)11-19(18)31-26(27)36/h4-10,12-15H,11H2,1-3H3,(H,31,36)/t15?,27-/m0/s1. The van der Waals surface area contributed by atoms with Crippen LogP contribution in [0.3, 0.4) is 0 Å². The highest BCUT2D eigenvalue weighted by Gasteiger charge is 2.64. The molecule has 10 heteroatoms. The van der Waals surface area contributed by atoms with Crippen LogP contribution in [0.25, 0.3) is 5.69 Å². The van der Waals surface area contributed by atoms with Crippen LogP contribution in [0.4, 0.5) is 5.69 Å². The summed E-state index contributed by atoms with van der Waals surface area (Å²) in [5, 5.41) is 7.92. The van der Waals surface area contributed by atoms with Gasteiger partial charge in [0, 0.05) is 29.5 Å². The van der Waals surface area contributed by atoms with Crippen molar-refractivity contribution in [2.45, 2.75) is 37.1 Å². The highest BCUT2D eigenvalue weighted by Crippen LogP contribution is 2.54. The van der Waals surface area contributed by atoms with Crippen LogP contribution in [0.1, 0.15) is 47.9 Å². The maximum absolute atomic E-state index is 14.2. The molecular formula is C27H23Cl2N5O3. The molecule has 2 amide bonds. The average Bonchev–Trinajstić information content (AvgIpc) is 3.48. The highest BCUT2D eigenvalue weighted by atomic mass is 35.5. The molecule has 0 saturated carbocycles. The Morgan fingerprint density at radius 1 is 1.22 bits per heavy atom. The van der Waals surface area contributed by atoms with E-state index in [9.17, 15) is 9.59 Å². The van der Waals surface area contributed by atoms with E-state index in [-0.39, 0.29) is 22.9 Å². The maximum Gasteiger partial charge on any atom is 0.280 e. The number of rotatable bonds is 4. The Hall–Kier alpha value is -3.62. The lowest BCUT2D eigenvalue weighted by Crippen LogP contribution is -2.52. The van der Waals surface area contributed by atoms with E-state index in [2.05, 4.69) is 10.3 Å². The summed E-state index contributed by atoms with van der Waals surface area (Å²) in [5.74, 6) is -0.267. The Morgan fingerprint density at radius 3 is 2.73 bits per heavy atom. The number of ether oxygens (including phenoxy) is 1. The van der Waals surface area contributed by atoms with Crippen LogP contribution in [0.2, 0.25) is 5.02 Å². The molecule has 1 aromatic carbocycles. The fraction of sp³-hybridized carbons (Fsp3) is 0.259. The third-order valence-electron chi connectivity index (χ3n) is 7.01. The molecule has 188 valence electrons. The molecule has 6 rings (SSSR count). The van der Waals surface area contributed by atoms with Crippen molar-refractivity contribution >= 4 is 40.7 Å². The molecule has 2 atom stereocenters. The predicted octanol–water partition coefficient (Wildman–Crippen LogP) is 4.86. The van der Waals surface area contributed by atoms with Crippen LogP contribution in [-0.2, 0) is 10.3 Å². The third kappa shape index (κ3) is 3.22. The van der Waals surface area contributed by atoms with Crippen LogP contribution in [0.5, 0.6) is 5.75 Å². The minimum absolute atomic E-state index is 0.103. The average molecular weight is 536 g/mol. The SMILES string of the molecule is COc1ccccc1-n1nc2c(c1C(C)C)[C@@]1(C(=O)NC3=C1C=CC(Cl)C3)N(c1cncc(Cl)c1)C2=O. The van der Waals surface area contributed by atoms with Crippen LogP contribution in [-0.4, -0.2) is 39.1 Å². The molecule has 0 saturated heterocycles. The lowest BCUT2D eigenvalue weighted by Gasteiger charge is -2.36. The lowest BCUT2D eigenvalue weighted by molar-refractivity contribution is -0.123. The van der Waals surface area contributed by atoms with Gasteiger partial charge in [0.25, 0.3) is 11.8 Å². The number of nitrogens with zero attached hydrogens (tertiary/aromatic N) is 4. The lowest BCUT2D eigenvalue weighted by atomic mass is 9.79. The number of carbonyl (C=O) groups is 2. The summed E-state index contributed by atoms with van der Waals surface area (Å²) in [6.07, 6.45) is 7.13. The largest absolute Gasteiger partial charge is 0.494 e. The second-order valence-electron chi connectivity index (χ2n) is 9.49. The third-order valence-corrected chi connectivity index (χ3v) is 7.52. The van der Waals surface area contributed by atoms with Crippen molar-refractivity contribution in [2.24, 2.45) is 0 Å². The molecule has 2 aromatic heterocycles. The molecular weight excluding hydrogens is 513 g/mol. The number of hydrogen-bond acceptors (Lipinski definition) is 5. The number of aromatic nitrogens is 3. The molecule has 3 aliphatic rings. The number of amides is 2. The summed E-state index contributed by atoms with van der Waals surface area (Å²) in [7, 11) is 1.59. The van der Waals surface area contributed by atoms with Gasteiger partial charge in [-0.1, -0.05) is 49.7 Å². The molecule has 3 aromatic rings. The van der Waals surface area contributed by atoms with E-state index in [1.165, 1.54) is 17.3 Å². The smallest absolute Gasteiger partial charge is 0.280 e. The van der Waals surface area contributed by atoms with Crippen molar-refractivity contribution in [3.8, 4) is 11.4 Å². The van der Waals surface area contributed by atoms with Gasteiger partial charge in [-0.2, -0.15) is 5.10 Å². The van der Waals surface area contributed by atoms with Gasteiger partial charge in [0.1, 0.15) is 11.4 Å². The molecule has 2 aliphatic heterocycles. The number of alkyl halides is 1. The molecule has 1 spiro atoms. The summed E-state index contributed by atoms with van der Waals surface area (Å²) in [5.41, 5.74) is 2.40. The van der Waals surface area contributed by atoms with E-state index in [1.807, 2.05) is 50.3 Å². The minimum atomic E-state index is -1.50. The van der Waals surface area contributed by atoms with Gasteiger partial charge >= 0.3 is 0 Å². The van der Waals surface area contributed by atoms with Gasteiger partial charge in [-0.15, -0.1) is 11.6 Å². The van der Waals surface area contributed by atoms with Crippen molar-refractivity contribution in [3.05, 3.63) is 88.1 Å². The first-order valence-electron chi connectivity index (χ1n) is 11.9. The first-order chi connectivity index (χ1) is 17.8. The normalized spacial score (nSPS) is 22.2. The second-order valence-corrected chi connectivity index (χ2v) is 10.5. The van der Waals surface area contributed by atoms with Crippen LogP contribution >= 0.6 is 23.2 Å². The zero-order chi connectivity index (χ0) is 26.1. The Balaban J connectivity index is 1.71. The topological polar surface area (TPSA) is 89.3 Å². The molecule has 0 radical (unpaired) electrons. The monoisotopic (exact) mass is 535 g/mol. The van der Waals surface area contributed by atoms with E-state index < -0.39 is 11.4 Å². The molecule has 4 heterocycles.